The second kappa shape index (κ2) is 4.64. The molecular formula is C7H9F2N3O2. The van der Waals surface area contributed by atoms with Gasteiger partial charge in [-0.25, -0.2) is 18.3 Å². The molecule has 0 aliphatic rings. The maximum Gasteiger partial charge on any atom is 0.358 e. The molecule has 0 saturated carbocycles. The van der Waals surface area contributed by atoms with E-state index in [4.69, 9.17) is 0 Å². The number of carbonyl (C=O) groups is 1. The first-order chi connectivity index (χ1) is 6.74. The Bertz CT molecular complexity index is 312. The van der Waals surface area contributed by atoms with Gasteiger partial charge in [0, 0.05) is 0 Å². The molecule has 0 aliphatic carbocycles. The average Bonchev–Trinajstić information content (AvgIpc) is 2.68. The monoisotopic (exact) mass is 205 g/mol. The van der Waals surface area contributed by atoms with Crippen molar-refractivity contribution in [1.29, 1.82) is 0 Å². The molecule has 0 atom stereocenters. The molecule has 5 nitrogen and oxygen atoms in total. The zero-order valence-corrected chi connectivity index (χ0v) is 7.48. The van der Waals surface area contributed by atoms with Crippen molar-refractivity contribution < 1.29 is 18.3 Å². The molecule has 14 heavy (non-hydrogen) atoms. The molecule has 0 bridgehead atoms. The summed E-state index contributed by atoms with van der Waals surface area (Å²) in [4.78, 5) is 11.1. The van der Waals surface area contributed by atoms with E-state index < -0.39 is 25.4 Å². The number of rotatable bonds is 4. The second-order valence-corrected chi connectivity index (χ2v) is 2.52. The first kappa shape index (κ1) is 10.6. The lowest BCUT2D eigenvalue weighted by atomic mass is 10.3. The van der Waals surface area contributed by atoms with Gasteiger partial charge < -0.3 is 4.74 Å². The first-order valence-electron chi connectivity index (χ1n) is 3.85. The third-order valence-corrected chi connectivity index (χ3v) is 1.67. The van der Waals surface area contributed by atoms with Crippen LogP contribution in [0.3, 0.4) is 0 Å². The number of alkyl halides is 2. The van der Waals surface area contributed by atoms with E-state index in [1.54, 1.807) is 0 Å². The molecule has 0 fully saturated rings. The molecule has 1 heterocycles. The number of nitrogens with zero attached hydrogens (tertiary/aromatic N) is 3. The highest BCUT2D eigenvalue weighted by atomic mass is 19.1. The molecule has 0 aromatic carbocycles. The molecule has 78 valence electrons. The smallest absolute Gasteiger partial charge is 0.358 e. The van der Waals surface area contributed by atoms with Gasteiger partial charge >= 0.3 is 5.97 Å². The molecular weight excluding hydrogens is 196 g/mol. The molecule has 7 heteroatoms. The van der Waals surface area contributed by atoms with E-state index in [0.29, 0.717) is 0 Å². The van der Waals surface area contributed by atoms with Crippen LogP contribution >= 0.6 is 0 Å². The molecule has 1 aromatic heterocycles. The highest BCUT2D eigenvalue weighted by molar-refractivity contribution is 5.86. The maximum atomic E-state index is 12.3. The molecule has 0 saturated heterocycles. The number of carbonyl (C=O) groups excluding carboxylic acids is 1. The second-order valence-electron chi connectivity index (χ2n) is 2.52. The van der Waals surface area contributed by atoms with E-state index in [0.717, 1.165) is 10.9 Å². The summed E-state index contributed by atoms with van der Waals surface area (Å²) in [5, 5.41) is 6.80. The quantitative estimate of drug-likeness (QED) is 0.673. The summed E-state index contributed by atoms with van der Waals surface area (Å²) >= 11 is 0. The largest absolute Gasteiger partial charge is 0.464 e. The molecule has 0 spiro atoms. The van der Waals surface area contributed by atoms with Crippen LogP contribution in [0, 0.1) is 0 Å². The first-order valence-corrected chi connectivity index (χ1v) is 3.85. The Hall–Kier alpha value is -1.53. The molecule has 1 aromatic rings. The lowest BCUT2D eigenvalue weighted by molar-refractivity contribution is 0.0581. The summed E-state index contributed by atoms with van der Waals surface area (Å²) in [5.41, 5.74) is -0.0622. The van der Waals surface area contributed by atoms with E-state index in [-0.39, 0.29) is 5.69 Å². The fourth-order valence-electron chi connectivity index (χ4n) is 0.936. The molecule has 0 amide bonds. The number of methoxy groups -OCH3 is 1. The Kier molecular flexibility index (Phi) is 3.49. The predicted octanol–water partition coefficient (Wildman–Crippen LogP) is 0.545. The van der Waals surface area contributed by atoms with Crippen molar-refractivity contribution in [2.75, 3.05) is 20.5 Å². The fourth-order valence-corrected chi connectivity index (χ4v) is 0.936. The molecule has 1 rings (SSSR count). The fraction of sp³-hybridized carbons (Fsp3) is 0.571. The van der Waals surface area contributed by atoms with E-state index >= 15 is 0 Å². The van der Waals surface area contributed by atoms with Gasteiger partial charge in [-0.15, -0.1) is 5.10 Å². The van der Waals surface area contributed by atoms with Crippen LogP contribution in [0.25, 0.3) is 0 Å². The zero-order valence-electron chi connectivity index (χ0n) is 7.48. The average molecular weight is 205 g/mol. The number of halogens is 2. The van der Waals surface area contributed by atoms with Crippen molar-refractivity contribution in [2.24, 2.45) is 0 Å². The van der Waals surface area contributed by atoms with Crippen molar-refractivity contribution >= 4 is 5.97 Å². The maximum absolute atomic E-state index is 12.3. The summed E-state index contributed by atoms with van der Waals surface area (Å²) in [5.74, 6) is -0.720. The van der Waals surface area contributed by atoms with E-state index in [1.165, 1.54) is 7.11 Å². The SMILES string of the molecule is COC(=O)c1cnnn1C(CF)CF. The summed E-state index contributed by atoms with van der Waals surface area (Å²) < 4.78 is 29.8. The van der Waals surface area contributed by atoms with Crippen LogP contribution < -0.4 is 0 Å². The van der Waals surface area contributed by atoms with Crippen LogP contribution in [0.4, 0.5) is 8.78 Å². The van der Waals surface area contributed by atoms with Gasteiger partial charge in [0.25, 0.3) is 0 Å². The minimum Gasteiger partial charge on any atom is -0.464 e. The minimum absolute atomic E-state index is 0.0622. The molecule has 0 radical (unpaired) electrons. The Morgan fingerprint density at radius 1 is 1.64 bits per heavy atom. The molecule has 0 unspecified atom stereocenters. The number of esters is 1. The van der Waals surface area contributed by atoms with Crippen LogP contribution in [0.15, 0.2) is 6.20 Å². The standard InChI is InChI=1S/C7H9F2N3O2/c1-14-7(13)6-4-10-11-12(6)5(2-8)3-9/h4-5H,2-3H2,1H3. The summed E-state index contributed by atoms with van der Waals surface area (Å²) in [6.45, 7) is -1.91. The number of aromatic nitrogens is 3. The Morgan fingerprint density at radius 2 is 2.29 bits per heavy atom. The Labute approximate surface area is 78.7 Å². The van der Waals surface area contributed by atoms with Gasteiger partial charge in [-0.05, 0) is 0 Å². The van der Waals surface area contributed by atoms with E-state index in [2.05, 4.69) is 15.0 Å². The predicted molar refractivity (Wildman–Crippen MR) is 42.3 cm³/mol. The Morgan fingerprint density at radius 3 is 2.79 bits per heavy atom. The molecule has 0 N–H and O–H groups in total. The molecule has 0 aliphatic heterocycles. The van der Waals surface area contributed by atoms with Crippen molar-refractivity contribution in [3.63, 3.8) is 0 Å². The van der Waals surface area contributed by atoms with E-state index in [1.807, 2.05) is 0 Å². The summed E-state index contributed by atoms with van der Waals surface area (Å²) in [6, 6.07) is -1.12. The lowest BCUT2D eigenvalue weighted by Crippen LogP contribution is -2.20. The van der Waals surface area contributed by atoms with Crippen LogP contribution in [-0.2, 0) is 4.74 Å². The van der Waals surface area contributed by atoms with Gasteiger partial charge in [-0.2, -0.15) is 0 Å². The third-order valence-electron chi connectivity index (χ3n) is 1.67. The van der Waals surface area contributed by atoms with Crippen molar-refractivity contribution in [3.05, 3.63) is 11.9 Å². The van der Waals surface area contributed by atoms with Crippen molar-refractivity contribution in [3.8, 4) is 0 Å². The highest BCUT2D eigenvalue weighted by Gasteiger charge is 2.20. The summed E-state index contributed by atoms with van der Waals surface area (Å²) in [6.07, 6.45) is 1.10. The van der Waals surface area contributed by atoms with Gasteiger partial charge in [-0.3, -0.25) is 0 Å². The van der Waals surface area contributed by atoms with Gasteiger partial charge in [-0.1, -0.05) is 5.21 Å². The topological polar surface area (TPSA) is 57.0 Å². The third kappa shape index (κ3) is 1.86. The number of hydrogen-bond acceptors (Lipinski definition) is 4. The van der Waals surface area contributed by atoms with Crippen molar-refractivity contribution in [1.82, 2.24) is 15.0 Å². The normalized spacial score (nSPS) is 10.6. The zero-order chi connectivity index (χ0) is 10.6. The highest BCUT2D eigenvalue weighted by Crippen LogP contribution is 2.10. The van der Waals surface area contributed by atoms with E-state index in [9.17, 15) is 13.6 Å². The van der Waals surface area contributed by atoms with Gasteiger partial charge in [0.1, 0.15) is 19.4 Å². The number of ether oxygens (including phenoxy) is 1. The van der Waals surface area contributed by atoms with Crippen LogP contribution in [0.1, 0.15) is 16.5 Å². The van der Waals surface area contributed by atoms with Crippen LogP contribution in [-0.4, -0.2) is 41.4 Å². The Balaban J connectivity index is 2.96. The number of hydrogen-bond donors (Lipinski definition) is 0. The lowest BCUT2D eigenvalue weighted by Gasteiger charge is -2.10. The van der Waals surface area contributed by atoms with Gasteiger partial charge in [0.2, 0.25) is 0 Å². The van der Waals surface area contributed by atoms with Gasteiger partial charge in [0.05, 0.1) is 13.3 Å². The van der Waals surface area contributed by atoms with Gasteiger partial charge in [0.15, 0.2) is 5.69 Å². The van der Waals surface area contributed by atoms with Crippen molar-refractivity contribution in [2.45, 2.75) is 6.04 Å². The van der Waals surface area contributed by atoms with Crippen LogP contribution in [0.2, 0.25) is 0 Å². The summed E-state index contributed by atoms with van der Waals surface area (Å²) in [7, 11) is 1.17. The van der Waals surface area contributed by atoms with Crippen LogP contribution in [0.5, 0.6) is 0 Å². The minimum atomic E-state index is -1.12.